The normalized spacial score (nSPS) is 10.8. The zero-order chi connectivity index (χ0) is 14.0. The van der Waals surface area contributed by atoms with Gasteiger partial charge in [0.2, 0.25) is 0 Å². The molecule has 0 saturated heterocycles. The number of hydrogen-bond donors (Lipinski definition) is 0. The first-order valence-electron chi connectivity index (χ1n) is 6.84. The lowest BCUT2D eigenvalue weighted by Crippen LogP contribution is -1.91. The second-order valence-electron chi connectivity index (χ2n) is 5.55. The molecular weight excluding hydrogens is 232 g/mol. The van der Waals surface area contributed by atoms with E-state index in [4.69, 9.17) is 4.42 Å². The predicted molar refractivity (Wildman–Crippen MR) is 82.3 cm³/mol. The summed E-state index contributed by atoms with van der Waals surface area (Å²) in [5, 5.41) is 0. The first-order valence-corrected chi connectivity index (χ1v) is 6.84. The van der Waals surface area contributed by atoms with Crippen LogP contribution in [0, 0.1) is 6.92 Å². The molecule has 1 aromatic heterocycles. The van der Waals surface area contributed by atoms with Crippen LogP contribution in [0.1, 0.15) is 50.7 Å². The Morgan fingerprint density at radius 1 is 1.11 bits per heavy atom. The smallest absolute Gasteiger partial charge is 0.135 e. The molecule has 0 bridgehead atoms. The highest BCUT2D eigenvalue weighted by atomic mass is 16.3. The Labute approximate surface area is 116 Å². The van der Waals surface area contributed by atoms with Gasteiger partial charge in [-0.2, -0.15) is 0 Å². The van der Waals surface area contributed by atoms with Crippen LogP contribution in [-0.4, -0.2) is 0 Å². The van der Waals surface area contributed by atoms with Gasteiger partial charge in [-0.25, -0.2) is 0 Å². The van der Waals surface area contributed by atoms with Gasteiger partial charge in [0.25, 0.3) is 0 Å². The highest BCUT2D eigenvalue weighted by Crippen LogP contribution is 2.38. The SMILES string of the molecule is CC(C)=Cc1oc(C)c(C(C)C)c1-c1ccccc1. The second-order valence-corrected chi connectivity index (χ2v) is 5.55. The lowest BCUT2D eigenvalue weighted by molar-refractivity contribution is 0.519. The van der Waals surface area contributed by atoms with Gasteiger partial charge in [-0.3, -0.25) is 0 Å². The third-order valence-corrected chi connectivity index (χ3v) is 3.22. The molecule has 2 aromatic rings. The van der Waals surface area contributed by atoms with Crippen molar-refractivity contribution in [2.24, 2.45) is 0 Å². The van der Waals surface area contributed by atoms with Gasteiger partial charge >= 0.3 is 0 Å². The van der Waals surface area contributed by atoms with Gasteiger partial charge in [-0.1, -0.05) is 49.8 Å². The molecule has 0 unspecified atom stereocenters. The molecule has 0 radical (unpaired) electrons. The molecule has 1 aromatic carbocycles. The Morgan fingerprint density at radius 2 is 1.74 bits per heavy atom. The Morgan fingerprint density at radius 3 is 2.26 bits per heavy atom. The van der Waals surface area contributed by atoms with Crippen LogP contribution in [0.4, 0.5) is 0 Å². The van der Waals surface area contributed by atoms with Crippen molar-refractivity contribution in [1.29, 1.82) is 0 Å². The van der Waals surface area contributed by atoms with Crippen LogP contribution in [-0.2, 0) is 0 Å². The number of hydrogen-bond acceptors (Lipinski definition) is 1. The largest absolute Gasteiger partial charge is 0.461 e. The van der Waals surface area contributed by atoms with E-state index in [1.807, 2.05) is 6.07 Å². The van der Waals surface area contributed by atoms with Crippen LogP contribution in [0.15, 0.2) is 40.3 Å². The molecule has 0 atom stereocenters. The molecular formula is C18H22O. The fourth-order valence-corrected chi connectivity index (χ4v) is 2.54. The number of allylic oxidation sites excluding steroid dienone is 1. The summed E-state index contributed by atoms with van der Waals surface area (Å²) >= 11 is 0. The number of aryl methyl sites for hydroxylation is 1. The van der Waals surface area contributed by atoms with E-state index in [0.717, 1.165) is 11.5 Å². The van der Waals surface area contributed by atoms with Crippen molar-refractivity contribution >= 4 is 6.08 Å². The van der Waals surface area contributed by atoms with Gasteiger partial charge in [-0.05, 0) is 38.3 Å². The molecule has 0 spiro atoms. The number of rotatable bonds is 3. The molecule has 0 aliphatic carbocycles. The van der Waals surface area contributed by atoms with E-state index in [-0.39, 0.29) is 0 Å². The van der Waals surface area contributed by atoms with Gasteiger partial charge in [-0.15, -0.1) is 0 Å². The van der Waals surface area contributed by atoms with E-state index in [2.05, 4.69) is 65.0 Å². The third kappa shape index (κ3) is 2.81. The maximum Gasteiger partial charge on any atom is 0.135 e. The molecule has 0 N–H and O–H groups in total. The summed E-state index contributed by atoms with van der Waals surface area (Å²) in [6.45, 7) is 10.7. The highest BCUT2D eigenvalue weighted by Gasteiger charge is 2.19. The molecule has 0 fully saturated rings. The van der Waals surface area contributed by atoms with Crippen molar-refractivity contribution in [3.63, 3.8) is 0 Å². The molecule has 1 heteroatoms. The minimum atomic E-state index is 0.457. The summed E-state index contributed by atoms with van der Waals surface area (Å²) in [5.74, 6) is 2.46. The predicted octanol–water partition coefficient (Wildman–Crippen LogP) is 5.80. The molecule has 1 heterocycles. The van der Waals surface area contributed by atoms with Crippen LogP contribution in [0.25, 0.3) is 17.2 Å². The van der Waals surface area contributed by atoms with E-state index >= 15 is 0 Å². The van der Waals surface area contributed by atoms with Crippen LogP contribution in [0.5, 0.6) is 0 Å². The molecule has 100 valence electrons. The monoisotopic (exact) mass is 254 g/mol. The first kappa shape index (κ1) is 13.7. The van der Waals surface area contributed by atoms with Gasteiger partial charge in [0.1, 0.15) is 11.5 Å². The Bertz CT molecular complexity index is 582. The molecule has 0 aliphatic heterocycles. The van der Waals surface area contributed by atoms with Crippen molar-refractivity contribution in [2.45, 2.75) is 40.5 Å². The fourth-order valence-electron chi connectivity index (χ4n) is 2.54. The summed E-state index contributed by atoms with van der Waals surface area (Å²) in [4.78, 5) is 0. The van der Waals surface area contributed by atoms with E-state index in [1.165, 1.54) is 22.3 Å². The van der Waals surface area contributed by atoms with Crippen LogP contribution in [0.2, 0.25) is 0 Å². The lowest BCUT2D eigenvalue weighted by atomic mass is 9.93. The van der Waals surface area contributed by atoms with Crippen molar-refractivity contribution < 1.29 is 4.42 Å². The second kappa shape index (κ2) is 5.48. The molecule has 0 saturated carbocycles. The van der Waals surface area contributed by atoms with E-state index in [1.54, 1.807) is 0 Å². The van der Waals surface area contributed by atoms with Crippen molar-refractivity contribution in [1.82, 2.24) is 0 Å². The van der Waals surface area contributed by atoms with E-state index in [9.17, 15) is 0 Å². The van der Waals surface area contributed by atoms with Crippen molar-refractivity contribution in [3.05, 3.63) is 53.0 Å². The highest BCUT2D eigenvalue weighted by molar-refractivity contribution is 5.77. The third-order valence-electron chi connectivity index (χ3n) is 3.22. The Hall–Kier alpha value is -1.76. The van der Waals surface area contributed by atoms with Gasteiger partial charge in [0.15, 0.2) is 0 Å². The summed E-state index contributed by atoms with van der Waals surface area (Å²) in [6.07, 6.45) is 2.13. The average molecular weight is 254 g/mol. The standard InChI is InChI=1S/C18H22O/c1-12(2)11-16-18(15-9-7-6-8-10-15)17(13(3)4)14(5)19-16/h6-11,13H,1-5H3. The molecule has 0 amide bonds. The molecule has 19 heavy (non-hydrogen) atoms. The van der Waals surface area contributed by atoms with Crippen molar-refractivity contribution in [3.8, 4) is 11.1 Å². The maximum atomic E-state index is 6.00. The van der Waals surface area contributed by atoms with E-state index < -0.39 is 0 Å². The topological polar surface area (TPSA) is 13.1 Å². The van der Waals surface area contributed by atoms with Gasteiger partial charge in [0.05, 0.1) is 0 Å². The fraction of sp³-hybridized carbons (Fsp3) is 0.333. The lowest BCUT2D eigenvalue weighted by Gasteiger charge is -2.08. The van der Waals surface area contributed by atoms with E-state index in [0.29, 0.717) is 5.92 Å². The van der Waals surface area contributed by atoms with Gasteiger partial charge in [0, 0.05) is 11.1 Å². The number of furan rings is 1. The Balaban J connectivity index is 2.71. The average Bonchev–Trinajstić information content (AvgIpc) is 2.66. The van der Waals surface area contributed by atoms with Crippen molar-refractivity contribution in [2.75, 3.05) is 0 Å². The molecule has 1 nitrogen and oxygen atoms in total. The van der Waals surface area contributed by atoms with Crippen LogP contribution >= 0.6 is 0 Å². The first-order chi connectivity index (χ1) is 9.00. The van der Waals surface area contributed by atoms with Gasteiger partial charge < -0.3 is 4.42 Å². The molecule has 2 rings (SSSR count). The maximum absolute atomic E-state index is 6.00. The molecule has 0 aliphatic rings. The summed E-state index contributed by atoms with van der Waals surface area (Å²) < 4.78 is 6.00. The minimum absolute atomic E-state index is 0.457. The van der Waals surface area contributed by atoms with Crippen LogP contribution in [0.3, 0.4) is 0 Å². The zero-order valence-electron chi connectivity index (χ0n) is 12.4. The minimum Gasteiger partial charge on any atom is -0.461 e. The Kier molecular flexibility index (Phi) is 3.94. The van der Waals surface area contributed by atoms with Crippen LogP contribution < -0.4 is 0 Å². The summed E-state index contributed by atoms with van der Waals surface area (Å²) in [7, 11) is 0. The summed E-state index contributed by atoms with van der Waals surface area (Å²) in [5.41, 5.74) is 5.05. The summed E-state index contributed by atoms with van der Waals surface area (Å²) in [6, 6.07) is 10.5. The zero-order valence-corrected chi connectivity index (χ0v) is 12.4. The number of benzene rings is 1. The quantitative estimate of drug-likeness (QED) is 0.674.